The van der Waals surface area contributed by atoms with Crippen molar-refractivity contribution in [3.05, 3.63) is 78.8 Å². The predicted octanol–water partition coefficient (Wildman–Crippen LogP) is 4.89. The summed E-state index contributed by atoms with van der Waals surface area (Å²) in [5.74, 6) is 0. The van der Waals surface area contributed by atoms with Crippen LogP contribution in [0.25, 0.3) is 27.9 Å². The van der Waals surface area contributed by atoms with E-state index in [4.69, 9.17) is 5.11 Å². The van der Waals surface area contributed by atoms with Gasteiger partial charge in [-0.15, -0.1) is 0 Å². The number of fused-ring (bicyclic) bond motifs is 1. The first-order chi connectivity index (χ1) is 15.8. The fourth-order valence-corrected chi connectivity index (χ4v) is 3.60. The van der Waals surface area contributed by atoms with Gasteiger partial charge in [-0.05, 0) is 46.9 Å². The van der Waals surface area contributed by atoms with Crippen LogP contribution in [0.15, 0.2) is 73.2 Å². The molecule has 4 aromatic rings. The molecule has 0 spiro atoms. The Labute approximate surface area is 187 Å². The molecule has 0 saturated carbocycles. The number of anilines is 1. The zero-order chi connectivity index (χ0) is 23.4. The quantitative estimate of drug-likeness (QED) is 0.388. The number of carbonyl (C=O) groups is 1. The van der Waals surface area contributed by atoms with Crippen LogP contribution in [-0.2, 0) is 6.42 Å². The zero-order valence-electron chi connectivity index (χ0n) is 17.4. The lowest BCUT2D eigenvalue weighted by molar-refractivity contribution is -0.122. The van der Waals surface area contributed by atoms with Gasteiger partial charge in [0.1, 0.15) is 12.2 Å². The van der Waals surface area contributed by atoms with Gasteiger partial charge in [0.05, 0.1) is 0 Å². The van der Waals surface area contributed by atoms with Crippen LogP contribution in [0.2, 0.25) is 0 Å². The Bertz CT molecular complexity index is 1270. The van der Waals surface area contributed by atoms with Crippen molar-refractivity contribution in [3.63, 3.8) is 0 Å². The molecule has 0 saturated heterocycles. The number of benzene rings is 2. The normalized spacial score (nSPS) is 11.5. The number of nitrogens with zero attached hydrogens (tertiary/aromatic N) is 2. The summed E-state index contributed by atoms with van der Waals surface area (Å²) in [5, 5.41) is 13.4. The number of carbonyl (C=O) groups excluding carboxylic acids is 1. The average molecular weight is 454 g/mol. The molecule has 2 amide bonds. The molecule has 33 heavy (non-hydrogen) atoms. The first-order valence-corrected chi connectivity index (χ1v) is 10.2. The fraction of sp³-hybridized carbons (Fsp3) is 0.167. The number of alkyl halides is 3. The van der Waals surface area contributed by atoms with E-state index in [1.54, 1.807) is 29.7 Å². The molecule has 0 aliphatic rings. The molecule has 2 aromatic carbocycles. The van der Waals surface area contributed by atoms with E-state index in [0.29, 0.717) is 17.8 Å². The van der Waals surface area contributed by atoms with Gasteiger partial charge in [0.25, 0.3) is 0 Å². The van der Waals surface area contributed by atoms with Gasteiger partial charge in [-0.25, -0.2) is 9.78 Å². The maximum absolute atomic E-state index is 12.4. The monoisotopic (exact) mass is 454 g/mol. The van der Waals surface area contributed by atoms with Crippen molar-refractivity contribution in [1.29, 1.82) is 0 Å². The molecule has 0 fully saturated rings. The van der Waals surface area contributed by atoms with E-state index in [0.717, 1.165) is 27.8 Å². The molecule has 9 heteroatoms. The van der Waals surface area contributed by atoms with Crippen LogP contribution in [0.3, 0.4) is 0 Å². The molecular weight excluding hydrogens is 433 g/mol. The molecule has 0 unspecified atom stereocenters. The minimum atomic E-state index is -4.49. The number of hydrogen-bond donors (Lipinski definition) is 3. The van der Waals surface area contributed by atoms with Gasteiger partial charge in [0, 0.05) is 36.4 Å². The third kappa shape index (κ3) is 5.32. The molecule has 3 N–H and O–H groups in total. The van der Waals surface area contributed by atoms with Crippen molar-refractivity contribution in [2.45, 2.75) is 12.6 Å². The summed E-state index contributed by atoms with van der Waals surface area (Å²) >= 11 is 0. The first kappa shape index (κ1) is 22.3. The third-order valence-electron chi connectivity index (χ3n) is 5.09. The second-order valence-corrected chi connectivity index (χ2v) is 7.44. The fourth-order valence-electron chi connectivity index (χ4n) is 3.60. The van der Waals surface area contributed by atoms with Crippen LogP contribution >= 0.6 is 0 Å². The topological polar surface area (TPSA) is 78.7 Å². The lowest BCUT2D eigenvalue weighted by atomic mass is 9.94. The van der Waals surface area contributed by atoms with Crippen LogP contribution < -0.4 is 10.6 Å². The van der Waals surface area contributed by atoms with Crippen LogP contribution in [0, 0.1) is 0 Å². The smallest absolute Gasteiger partial charge is 0.396 e. The largest absolute Gasteiger partial charge is 0.405 e. The maximum atomic E-state index is 12.4. The van der Waals surface area contributed by atoms with Crippen molar-refractivity contribution in [1.82, 2.24) is 14.7 Å². The summed E-state index contributed by atoms with van der Waals surface area (Å²) in [5.41, 5.74) is 5.48. The lowest BCUT2D eigenvalue weighted by Gasteiger charge is -2.14. The number of halogens is 3. The number of hydrogen-bond acceptors (Lipinski definition) is 3. The van der Waals surface area contributed by atoms with Crippen molar-refractivity contribution in [3.8, 4) is 22.3 Å². The highest BCUT2D eigenvalue weighted by atomic mass is 19.4. The molecule has 0 radical (unpaired) electrons. The number of nitrogens with one attached hydrogen (secondary N) is 2. The summed E-state index contributed by atoms with van der Waals surface area (Å²) in [6.45, 7) is -1.34. The van der Waals surface area contributed by atoms with Gasteiger partial charge < -0.3 is 20.1 Å². The second kappa shape index (κ2) is 9.33. The number of aromatic nitrogens is 2. The summed E-state index contributed by atoms with van der Waals surface area (Å²) in [4.78, 5) is 16.4. The number of pyridine rings is 1. The zero-order valence-corrected chi connectivity index (χ0v) is 17.4. The number of rotatable bonds is 6. The van der Waals surface area contributed by atoms with Crippen molar-refractivity contribution < 1.29 is 23.1 Å². The maximum Gasteiger partial charge on any atom is 0.405 e. The molecule has 0 bridgehead atoms. The molecule has 2 heterocycles. The van der Waals surface area contributed by atoms with E-state index in [9.17, 15) is 18.0 Å². The Kier molecular flexibility index (Phi) is 6.32. The molecule has 0 aliphatic heterocycles. The molecule has 0 atom stereocenters. The minimum absolute atomic E-state index is 0.0704. The number of imidazole rings is 1. The highest BCUT2D eigenvalue weighted by Crippen LogP contribution is 2.36. The van der Waals surface area contributed by atoms with Crippen LogP contribution in [0.1, 0.15) is 5.56 Å². The summed E-state index contributed by atoms with van der Waals surface area (Å²) in [6, 6.07) is 15.7. The molecule has 2 aromatic heterocycles. The first-order valence-electron chi connectivity index (χ1n) is 10.2. The van der Waals surface area contributed by atoms with Gasteiger partial charge in [-0.2, -0.15) is 13.2 Å². The minimum Gasteiger partial charge on any atom is -0.396 e. The van der Waals surface area contributed by atoms with Crippen LogP contribution in [-0.4, -0.2) is 39.9 Å². The van der Waals surface area contributed by atoms with Crippen LogP contribution in [0.5, 0.6) is 0 Å². The van der Waals surface area contributed by atoms with E-state index in [1.807, 2.05) is 53.2 Å². The van der Waals surface area contributed by atoms with E-state index < -0.39 is 18.8 Å². The van der Waals surface area contributed by atoms with E-state index in [1.165, 1.54) is 0 Å². The van der Waals surface area contributed by atoms with Gasteiger partial charge in [0.2, 0.25) is 0 Å². The molecular formula is C24H21F3N4O2. The van der Waals surface area contributed by atoms with Crippen molar-refractivity contribution in [2.24, 2.45) is 0 Å². The molecule has 0 aliphatic carbocycles. The average Bonchev–Trinajstić information content (AvgIpc) is 3.26. The highest BCUT2D eigenvalue weighted by Gasteiger charge is 2.27. The SMILES string of the molecule is O=C(NCC(F)(F)F)Nc1cccc(-c2c(-c3ccc(CCO)cc3)ccn3ccnc23)c1. The van der Waals surface area contributed by atoms with Crippen molar-refractivity contribution >= 4 is 17.4 Å². The number of aliphatic hydroxyl groups excluding tert-OH is 1. The third-order valence-corrected chi connectivity index (χ3v) is 5.09. The van der Waals surface area contributed by atoms with E-state index >= 15 is 0 Å². The second-order valence-electron chi connectivity index (χ2n) is 7.44. The summed E-state index contributed by atoms with van der Waals surface area (Å²) in [7, 11) is 0. The van der Waals surface area contributed by atoms with E-state index in [-0.39, 0.29) is 6.61 Å². The van der Waals surface area contributed by atoms with Crippen LogP contribution in [0.4, 0.5) is 23.7 Å². The predicted molar refractivity (Wildman–Crippen MR) is 120 cm³/mol. The number of urea groups is 1. The Hall–Kier alpha value is -3.85. The van der Waals surface area contributed by atoms with E-state index in [2.05, 4.69) is 10.3 Å². The van der Waals surface area contributed by atoms with Gasteiger partial charge in [-0.3, -0.25) is 0 Å². The Morgan fingerprint density at radius 1 is 1.03 bits per heavy atom. The summed E-state index contributed by atoms with van der Waals surface area (Å²) in [6.07, 6.45) is 1.47. The van der Waals surface area contributed by atoms with Gasteiger partial charge >= 0.3 is 12.2 Å². The summed E-state index contributed by atoms with van der Waals surface area (Å²) < 4.78 is 39.0. The standard InChI is InChI=1S/C24H21F3N4O2/c25-24(26,27)15-29-23(33)30-19-3-1-2-18(14-19)21-20(8-11-31-12-10-28-22(21)31)17-6-4-16(5-7-17)9-13-32/h1-8,10-12,14,32H,9,13,15H2,(H2,29,30,33). The Morgan fingerprint density at radius 2 is 1.82 bits per heavy atom. The number of aliphatic hydroxyl groups is 1. The Morgan fingerprint density at radius 3 is 2.55 bits per heavy atom. The molecule has 6 nitrogen and oxygen atoms in total. The molecule has 170 valence electrons. The highest BCUT2D eigenvalue weighted by molar-refractivity contribution is 5.95. The molecule has 4 rings (SSSR count). The van der Waals surface area contributed by atoms with Crippen molar-refractivity contribution in [2.75, 3.05) is 18.5 Å². The van der Waals surface area contributed by atoms with Gasteiger partial charge in [-0.1, -0.05) is 36.4 Å². The van der Waals surface area contributed by atoms with Gasteiger partial charge in [0.15, 0.2) is 0 Å². The Balaban J connectivity index is 1.70. The number of amides is 2. The lowest BCUT2D eigenvalue weighted by Crippen LogP contribution is -2.36.